The average molecular weight is 256 g/mol. The van der Waals surface area contributed by atoms with Crippen LogP contribution < -0.4 is 5.32 Å². The molecule has 0 aliphatic rings. The van der Waals surface area contributed by atoms with Gasteiger partial charge in [-0.2, -0.15) is 5.26 Å². The minimum absolute atomic E-state index is 0.120. The fourth-order valence-corrected chi connectivity index (χ4v) is 2.38. The van der Waals surface area contributed by atoms with Crippen LogP contribution in [0, 0.1) is 18.3 Å². The Hall–Kier alpha value is -2.12. The second-order valence-electron chi connectivity index (χ2n) is 3.88. The molecule has 0 saturated carbocycles. The molecule has 0 atom stereocenters. The molecule has 0 saturated heterocycles. The summed E-state index contributed by atoms with van der Waals surface area (Å²) in [6.07, 6.45) is 0. The van der Waals surface area contributed by atoms with Crippen molar-refractivity contribution in [3.05, 3.63) is 57.3 Å². The van der Waals surface area contributed by atoms with Crippen molar-refractivity contribution < 1.29 is 4.79 Å². The van der Waals surface area contributed by atoms with Crippen molar-refractivity contribution in [3.8, 4) is 6.07 Å². The van der Waals surface area contributed by atoms with Gasteiger partial charge >= 0.3 is 0 Å². The Bertz CT molecular complexity index is 593. The van der Waals surface area contributed by atoms with E-state index in [0.717, 1.165) is 4.88 Å². The van der Waals surface area contributed by atoms with Crippen molar-refractivity contribution in [2.24, 2.45) is 0 Å². The molecule has 1 aromatic heterocycles. The summed E-state index contributed by atoms with van der Waals surface area (Å²) in [5, 5.41) is 11.5. The molecule has 18 heavy (non-hydrogen) atoms. The number of carbonyl (C=O) groups is 1. The van der Waals surface area contributed by atoms with E-state index < -0.39 is 0 Å². The van der Waals surface area contributed by atoms with Gasteiger partial charge in [0.1, 0.15) is 0 Å². The number of carbonyl (C=O) groups excluding carboxylic acids is 1. The van der Waals surface area contributed by atoms with Crippen LogP contribution in [0.4, 0.5) is 0 Å². The van der Waals surface area contributed by atoms with Gasteiger partial charge in [0.15, 0.2) is 0 Å². The Labute approximate surface area is 110 Å². The third-order valence-electron chi connectivity index (χ3n) is 2.50. The normalized spacial score (nSPS) is 9.78. The van der Waals surface area contributed by atoms with Crippen molar-refractivity contribution in [1.82, 2.24) is 5.32 Å². The number of hydrogen-bond acceptors (Lipinski definition) is 3. The third kappa shape index (κ3) is 2.96. The van der Waals surface area contributed by atoms with E-state index in [-0.39, 0.29) is 5.91 Å². The van der Waals surface area contributed by atoms with E-state index in [1.807, 2.05) is 25.1 Å². The van der Waals surface area contributed by atoms with E-state index in [2.05, 4.69) is 5.32 Å². The molecule has 90 valence electrons. The summed E-state index contributed by atoms with van der Waals surface area (Å²) in [7, 11) is 0. The molecule has 1 heterocycles. The highest BCUT2D eigenvalue weighted by molar-refractivity contribution is 7.11. The standard InChI is InChI=1S/C14H12N2OS/c1-10-2-7-13(18-10)9-16-14(17)12-5-3-11(8-15)4-6-12/h2-7H,9H2,1H3,(H,16,17). The van der Waals surface area contributed by atoms with Crippen LogP contribution in [0.2, 0.25) is 0 Å². The number of amides is 1. The maximum Gasteiger partial charge on any atom is 0.251 e. The molecule has 2 aromatic rings. The van der Waals surface area contributed by atoms with Gasteiger partial charge in [-0.05, 0) is 43.3 Å². The van der Waals surface area contributed by atoms with Gasteiger partial charge in [-0.1, -0.05) is 0 Å². The molecule has 3 nitrogen and oxygen atoms in total. The van der Waals surface area contributed by atoms with Crippen molar-refractivity contribution in [2.45, 2.75) is 13.5 Å². The zero-order chi connectivity index (χ0) is 13.0. The monoisotopic (exact) mass is 256 g/mol. The minimum Gasteiger partial charge on any atom is -0.347 e. The van der Waals surface area contributed by atoms with Crippen molar-refractivity contribution >= 4 is 17.2 Å². The highest BCUT2D eigenvalue weighted by Crippen LogP contribution is 2.14. The van der Waals surface area contributed by atoms with Crippen LogP contribution in [-0.4, -0.2) is 5.91 Å². The van der Waals surface area contributed by atoms with Gasteiger partial charge in [0.2, 0.25) is 0 Å². The number of thiophene rings is 1. The number of rotatable bonds is 3. The van der Waals surface area contributed by atoms with Crippen molar-refractivity contribution in [1.29, 1.82) is 5.26 Å². The van der Waals surface area contributed by atoms with E-state index in [1.165, 1.54) is 4.88 Å². The van der Waals surface area contributed by atoms with E-state index in [4.69, 9.17) is 5.26 Å². The SMILES string of the molecule is Cc1ccc(CNC(=O)c2ccc(C#N)cc2)s1. The highest BCUT2D eigenvalue weighted by Gasteiger charge is 2.05. The van der Waals surface area contributed by atoms with Crippen LogP contribution >= 0.6 is 11.3 Å². The predicted octanol–water partition coefficient (Wildman–Crippen LogP) is 2.86. The summed E-state index contributed by atoms with van der Waals surface area (Å²) in [6, 6.07) is 12.7. The summed E-state index contributed by atoms with van der Waals surface area (Å²) < 4.78 is 0. The van der Waals surface area contributed by atoms with Crippen LogP contribution in [0.25, 0.3) is 0 Å². The molecule has 0 aliphatic carbocycles. The first-order valence-electron chi connectivity index (χ1n) is 5.53. The number of nitrogens with one attached hydrogen (secondary N) is 1. The Morgan fingerprint density at radius 2 is 2.00 bits per heavy atom. The van der Waals surface area contributed by atoms with Gasteiger partial charge in [0.05, 0.1) is 18.2 Å². The molecular weight excluding hydrogens is 244 g/mol. The molecule has 0 aliphatic heterocycles. The average Bonchev–Trinajstić information content (AvgIpc) is 2.82. The van der Waals surface area contributed by atoms with E-state index in [1.54, 1.807) is 35.6 Å². The van der Waals surface area contributed by atoms with Gasteiger partial charge < -0.3 is 5.32 Å². The molecule has 0 spiro atoms. The fraction of sp³-hybridized carbons (Fsp3) is 0.143. The van der Waals surface area contributed by atoms with Crippen LogP contribution in [0.15, 0.2) is 36.4 Å². The van der Waals surface area contributed by atoms with Crippen LogP contribution in [-0.2, 0) is 6.54 Å². The van der Waals surface area contributed by atoms with Gasteiger partial charge in [-0.15, -0.1) is 11.3 Å². The van der Waals surface area contributed by atoms with Gasteiger partial charge in [-0.25, -0.2) is 0 Å². The second kappa shape index (κ2) is 5.48. The Morgan fingerprint density at radius 3 is 2.56 bits per heavy atom. The molecule has 0 bridgehead atoms. The summed E-state index contributed by atoms with van der Waals surface area (Å²) >= 11 is 1.67. The molecule has 4 heteroatoms. The zero-order valence-electron chi connectivity index (χ0n) is 9.93. The van der Waals surface area contributed by atoms with E-state index in [0.29, 0.717) is 17.7 Å². The molecule has 1 aromatic carbocycles. The number of nitrogens with zero attached hydrogens (tertiary/aromatic N) is 1. The van der Waals surface area contributed by atoms with Crippen LogP contribution in [0.3, 0.4) is 0 Å². The highest BCUT2D eigenvalue weighted by atomic mass is 32.1. The summed E-state index contributed by atoms with van der Waals surface area (Å²) in [4.78, 5) is 14.2. The first-order valence-corrected chi connectivity index (χ1v) is 6.34. The summed E-state index contributed by atoms with van der Waals surface area (Å²) in [5.74, 6) is -0.120. The lowest BCUT2D eigenvalue weighted by Crippen LogP contribution is -2.22. The molecule has 0 radical (unpaired) electrons. The van der Waals surface area contributed by atoms with Crippen LogP contribution in [0.1, 0.15) is 25.7 Å². The Balaban J connectivity index is 1.97. The largest absolute Gasteiger partial charge is 0.347 e. The molecule has 1 amide bonds. The second-order valence-corrected chi connectivity index (χ2v) is 5.26. The number of hydrogen-bond donors (Lipinski definition) is 1. The lowest BCUT2D eigenvalue weighted by atomic mass is 10.1. The fourth-order valence-electron chi connectivity index (χ4n) is 1.55. The third-order valence-corrected chi connectivity index (χ3v) is 3.50. The first kappa shape index (κ1) is 12.3. The lowest BCUT2D eigenvalue weighted by molar-refractivity contribution is 0.0951. The zero-order valence-corrected chi connectivity index (χ0v) is 10.8. The maximum atomic E-state index is 11.8. The Kier molecular flexibility index (Phi) is 3.75. The molecular formula is C14H12N2OS. The van der Waals surface area contributed by atoms with Gasteiger partial charge in [0, 0.05) is 15.3 Å². The quantitative estimate of drug-likeness (QED) is 0.918. The number of benzene rings is 1. The van der Waals surface area contributed by atoms with Gasteiger partial charge in [-0.3, -0.25) is 4.79 Å². The van der Waals surface area contributed by atoms with E-state index >= 15 is 0 Å². The lowest BCUT2D eigenvalue weighted by Gasteiger charge is -2.03. The van der Waals surface area contributed by atoms with Crippen molar-refractivity contribution in [3.63, 3.8) is 0 Å². The van der Waals surface area contributed by atoms with E-state index in [9.17, 15) is 4.79 Å². The smallest absolute Gasteiger partial charge is 0.251 e. The number of aryl methyl sites for hydroxylation is 1. The van der Waals surface area contributed by atoms with Crippen molar-refractivity contribution in [2.75, 3.05) is 0 Å². The number of nitriles is 1. The molecule has 2 rings (SSSR count). The molecule has 0 unspecified atom stereocenters. The molecule has 1 N–H and O–H groups in total. The van der Waals surface area contributed by atoms with Gasteiger partial charge in [0.25, 0.3) is 5.91 Å². The summed E-state index contributed by atoms with van der Waals surface area (Å²) in [5.41, 5.74) is 1.13. The molecule has 0 fully saturated rings. The minimum atomic E-state index is -0.120. The van der Waals surface area contributed by atoms with Crippen LogP contribution in [0.5, 0.6) is 0 Å². The summed E-state index contributed by atoms with van der Waals surface area (Å²) in [6.45, 7) is 2.58. The topological polar surface area (TPSA) is 52.9 Å². The predicted molar refractivity (Wildman–Crippen MR) is 71.4 cm³/mol. The maximum absolute atomic E-state index is 11.8. The first-order chi connectivity index (χ1) is 8.69. The Morgan fingerprint density at radius 1 is 1.28 bits per heavy atom.